The molecule has 0 saturated carbocycles. The van der Waals surface area contributed by atoms with Gasteiger partial charge in [-0.1, -0.05) is 24.3 Å². The van der Waals surface area contributed by atoms with Gasteiger partial charge in [0.25, 0.3) is 5.91 Å². The van der Waals surface area contributed by atoms with E-state index >= 15 is 0 Å². The number of hydrogen-bond donors (Lipinski definition) is 1. The van der Waals surface area contributed by atoms with Crippen LogP contribution in [0.4, 0.5) is 4.39 Å². The Bertz CT molecular complexity index is 712. The largest absolute Gasteiger partial charge is 0.348 e. The van der Waals surface area contributed by atoms with Gasteiger partial charge in [0.15, 0.2) is 0 Å². The van der Waals surface area contributed by atoms with E-state index in [9.17, 15) is 9.18 Å². The molecule has 5 heteroatoms. The number of nitrogens with one attached hydrogen (secondary N) is 1. The van der Waals surface area contributed by atoms with Gasteiger partial charge in [-0.2, -0.15) is 0 Å². The predicted molar refractivity (Wildman–Crippen MR) is 96.2 cm³/mol. The molecular formula is C19H20BrFN2O. The molecule has 1 aliphatic rings. The molecule has 126 valence electrons. The lowest BCUT2D eigenvalue weighted by Gasteiger charge is -2.14. The smallest absolute Gasteiger partial charge is 0.252 e. The van der Waals surface area contributed by atoms with Gasteiger partial charge in [0.1, 0.15) is 5.82 Å². The van der Waals surface area contributed by atoms with Gasteiger partial charge in [-0.25, -0.2) is 4.39 Å². The van der Waals surface area contributed by atoms with E-state index in [0.717, 1.165) is 12.1 Å². The Hall–Kier alpha value is -1.72. The van der Waals surface area contributed by atoms with Gasteiger partial charge in [-0.15, -0.1) is 0 Å². The first kappa shape index (κ1) is 17.1. The maximum atomic E-state index is 13.3. The molecule has 24 heavy (non-hydrogen) atoms. The summed E-state index contributed by atoms with van der Waals surface area (Å²) in [5.74, 6) is -0.711. The van der Waals surface area contributed by atoms with Crippen LogP contribution in [0.15, 0.2) is 46.9 Å². The number of benzene rings is 2. The minimum Gasteiger partial charge on any atom is -0.348 e. The van der Waals surface area contributed by atoms with E-state index < -0.39 is 5.82 Å². The van der Waals surface area contributed by atoms with E-state index in [2.05, 4.69) is 38.3 Å². The second kappa shape index (κ2) is 7.90. The van der Waals surface area contributed by atoms with E-state index in [1.807, 2.05) is 12.1 Å². The molecule has 1 fully saturated rings. The molecular weight excluding hydrogens is 371 g/mol. The number of carbonyl (C=O) groups excluding carboxylic acids is 1. The molecule has 0 atom stereocenters. The first-order valence-electron chi connectivity index (χ1n) is 8.15. The van der Waals surface area contributed by atoms with Crippen LogP contribution in [0.25, 0.3) is 0 Å². The van der Waals surface area contributed by atoms with Crippen molar-refractivity contribution in [1.82, 2.24) is 10.2 Å². The van der Waals surface area contributed by atoms with Crippen molar-refractivity contribution >= 4 is 21.8 Å². The summed E-state index contributed by atoms with van der Waals surface area (Å²) in [6.45, 7) is 3.77. The van der Waals surface area contributed by atoms with Crippen molar-refractivity contribution in [1.29, 1.82) is 0 Å². The Labute approximate surface area is 150 Å². The van der Waals surface area contributed by atoms with Crippen LogP contribution < -0.4 is 5.32 Å². The lowest BCUT2D eigenvalue weighted by atomic mass is 10.1. The molecule has 0 spiro atoms. The normalized spacial score (nSPS) is 14.8. The zero-order chi connectivity index (χ0) is 16.9. The summed E-state index contributed by atoms with van der Waals surface area (Å²) in [5.41, 5.74) is 2.63. The molecule has 2 aromatic rings. The highest BCUT2D eigenvalue weighted by Gasteiger charge is 2.12. The predicted octanol–water partition coefficient (Wildman–Crippen LogP) is 4.11. The van der Waals surface area contributed by atoms with E-state index in [-0.39, 0.29) is 5.91 Å². The molecule has 1 saturated heterocycles. The van der Waals surface area contributed by atoms with Crippen molar-refractivity contribution in [3.8, 4) is 0 Å². The molecule has 0 aliphatic carbocycles. The van der Waals surface area contributed by atoms with E-state index in [0.29, 0.717) is 16.6 Å². The van der Waals surface area contributed by atoms with Gasteiger partial charge in [-0.3, -0.25) is 9.69 Å². The number of amides is 1. The van der Waals surface area contributed by atoms with Gasteiger partial charge >= 0.3 is 0 Å². The third-order valence-corrected chi connectivity index (χ3v) is 4.95. The van der Waals surface area contributed by atoms with Gasteiger partial charge < -0.3 is 5.32 Å². The molecule has 3 rings (SSSR count). The van der Waals surface area contributed by atoms with E-state index in [1.165, 1.54) is 49.7 Å². The Morgan fingerprint density at radius 2 is 1.75 bits per heavy atom. The first-order chi connectivity index (χ1) is 11.6. The molecule has 1 heterocycles. The second-order valence-corrected chi connectivity index (χ2v) is 6.96. The topological polar surface area (TPSA) is 32.3 Å². The Morgan fingerprint density at radius 1 is 1.08 bits per heavy atom. The van der Waals surface area contributed by atoms with Crippen LogP contribution in [0.3, 0.4) is 0 Å². The molecule has 3 nitrogen and oxygen atoms in total. The second-order valence-electron chi connectivity index (χ2n) is 6.11. The van der Waals surface area contributed by atoms with Gasteiger partial charge in [0.05, 0.1) is 5.56 Å². The summed E-state index contributed by atoms with van der Waals surface area (Å²) in [5, 5.41) is 2.83. The molecule has 1 N–H and O–H groups in total. The summed E-state index contributed by atoms with van der Waals surface area (Å²) < 4.78 is 13.9. The Kier molecular flexibility index (Phi) is 5.63. The number of likely N-dealkylation sites (tertiary alicyclic amines) is 1. The maximum absolute atomic E-state index is 13.3. The molecule has 1 aliphatic heterocycles. The van der Waals surface area contributed by atoms with Crippen LogP contribution in [0.5, 0.6) is 0 Å². The number of nitrogens with zero attached hydrogens (tertiary/aromatic N) is 1. The van der Waals surface area contributed by atoms with Crippen molar-refractivity contribution in [2.24, 2.45) is 0 Å². The third kappa shape index (κ3) is 4.42. The van der Waals surface area contributed by atoms with Crippen molar-refractivity contribution in [2.45, 2.75) is 25.9 Å². The van der Waals surface area contributed by atoms with Gasteiger partial charge in [0.2, 0.25) is 0 Å². The van der Waals surface area contributed by atoms with Crippen LogP contribution >= 0.6 is 15.9 Å². The van der Waals surface area contributed by atoms with E-state index in [1.54, 1.807) is 0 Å². The highest BCUT2D eigenvalue weighted by molar-refractivity contribution is 9.10. The van der Waals surface area contributed by atoms with E-state index in [4.69, 9.17) is 0 Å². The number of halogens is 2. The fraction of sp³-hybridized carbons (Fsp3) is 0.316. The molecule has 2 aromatic carbocycles. The lowest BCUT2D eigenvalue weighted by Crippen LogP contribution is -2.23. The fourth-order valence-electron chi connectivity index (χ4n) is 2.91. The molecule has 1 amide bonds. The summed E-state index contributed by atoms with van der Waals surface area (Å²) >= 11 is 3.28. The van der Waals surface area contributed by atoms with Crippen LogP contribution in [0, 0.1) is 5.82 Å². The SMILES string of the molecule is O=C(NCc1ccc(CN2CCCC2)cc1)c1cc(F)ccc1Br. The average molecular weight is 391 g/mol. The maximum Gasteiger partial charge on any atom is 0.252 e. The van der Waals surface area contributed by atoms with Crippen LogP contribution in [-0.2, 0) is 13.1 Å². The summed E-state index contributed by atoms with van der Waals surface area (Å²) in [6.07, 6.45) is 2.58. The van der Waals surface area contributed by atoms with Crippen LogP contribution in [0.2, 0.25) is 0 Å². The summed E-state index contributed by atoms with van der Waals surface area (Å²) in [4.78, 5) is 14.6. The minimum absolute atomic E-state index is 0.289. The lowest BCUT2D eigenvalue weighted by molar-refractivity contribution is 0.0949. The van der Waals surface area contributed by atoms with Crippen molar-refractivity contribution < 1.29 is 9.18 Å². The highest BCUT2D eigenvalue weighted by atomic mass is 79.9. The average Bonchev–Trinajstić information content (AvgIpc) is 3.09. The highest BCUT2D eigenvalue weighted by Crippen LogP contribution is 2.18. The van der Waals surface area contributed by atoms with Gasteiger partial charge in [0, 0.05) is 17.6 Å². The van der Waals surface area contributed by atoms with Crippen molar-refractivity contribution in [3.63, 3.8) is 0 Å². The van der Waals surface area contributed by atoms with Crippen LogP contribution in [0.1, 0.15) is 34.3 Å². The first-order valence-corrected chi connectivity index (χ1v) is 8.94. The zero-order valence-electron chi connectivity index (χ0n) is 13.4. The molecule has 0 bridgehead atoms. The quantitative estimate of drug-likeness (QED) is 0.832. The fourth-order valence-corrected chi connectivity index (χ4v) is 3.34. The van der Waals surface area contributed by atoms with Gasteiger partial charge in [-0.05, 0) is 71.2 Å². The zero-order valence-corrected chi connectivity index (χ0v) is 15.0. The molecule has 0 aromatic heterocycles. The third-order valence-electron chi connectivity index (χ3n) is 4.25. The summed E-state index contributed by atoms with van der Waals surface area (Å²) in [6, 6.07) is 12.4. The minimum atomic E-state index is -0.422. The van der Waals surface area contributed by atoms with Crippen molar-refractivity contribution in [2.75, 3.05) is 13.1 Å². The number of hydrogen-bond acceptors (Lipinski definition) is 2. The van der Waals surface area contributed by atoms with Crippen LogP contribution in [-0.4, -0.2) is 23.9 Å². The molecule has 0 unspecified atom stereocenters. The monoisotopic (exact) mass is 390 g/mol. The number of carbonyl (C=O) groups is 1. The Balaban J connectivity index is 1.56. The molecule has 0 radical (unpaired) electrons. The number of rotatable bonds is 5. The summed E-state index contributed by atoms with van der Waals surface area (Å²) in [7, 11) is 0. The Morgan fingerprint density at radius 3 is 2.46 bits per heavy atom. The van der Waals surface area contributed by atoms with Crippen molar-refractivity contribution in [3.05, 3.63) is 69.4 Å². The standard InChI is InChI=1S/C19H20BrFN2O/c20-18-8-7-16(21)11-17(18)19(24)22-12-14-3-5-15(6-4-14)13-23-9-1-2-10-23/h3-8,11H,1-2,9-10,12-13H2,(H,22,24).